The van der Waals surface area contributed by atoms with Crippen LogP contribution >= 0.6 is 23.1 Å². The molecule has 1 aliphatic heterocycles. The number of ketones is 1. The van der Waals surface area contributed by atoms with Crippen LogP contribution in [0.2, 0.25) is 0 Å². The number of anilines is 1. The summed E-state index contributed by atoms with van der Waals surface area (Å²) >= 11 is 1.92. The number of rotatable bonds is 6. The standard InChI is InChI=1S/C16H16N4O5S2/c1-5-25-15(24)11-7(2)12(9(4)21)27-14(11)17-10(22)6-26-16-18-13(23)8(3)19-20-16/h3,5-6H2,1-2,4H3,(H,17,22). The van der Waals surface area contributed by atoms with Gasteiger partial charge in [-0.1, -0.05) is 18.3 Å². The minimum Gasteiger partial charge on any atom is -0.462 e. The van der Waals surface area contributed by atoms with Gasteiger partial charge in [-0.05, 0) is 26.3 Å². The van der Waals surface area contributed by atoms with Crippen LogP contribution in [0.3, 0.4) is 0 Å². The quantitative estimate of drug-likeness (QED) is 0.438. The van der Waals surface area contributed by atoms with Gasteiger partial charge < -0.3 is 10.1 Å². The lowest BCUT2D eigenvalue weighted by atomic mass is 10.1. The molecule has 142 valence electrons. The van der Waals surface area contributed by atoms with E-state index in [0.29, 0.717) is 10.4 Å². The lowest BCUT2D eigenvalue weighted by Crippen LogP contribution is -2.17. The zero-order chi connectivity index (χ0) is 20.1. The Morgan fingerprint density at radius 3 is 2.59 bits per heavy atom. The van der Waals surface area contributed by atoms with Crippen LogP contribution < -0.4 is 5.32 Å². The van der Waals surface area contributed by atoms with Gasteiger partial charge in [0.25, 0.3) is 5.91 Å². The number of amides is 2. The number of esters is 1. The maximum absolute atomic E-state index is 12.2. The van der Waals surface area contributed by atoms with Crippen molar-refractivity contribution in [1.82, 2.24) is 0 Å². The summed E-state index contributed by atoms with van der Waals surface area (Å²) in [6.07, 6.45) is 0. The monoisotopic (exact) mass is 408 g/mol. The molecular weight excluding hydrogens is 392 g/mol. The number of azo groups is 1. The van der Waals surface area contributed by atoms with Gasteiger partial charge >= 0.3 is 5.97 Å². The molecule has 2 amide bonds. The molecule has 1 N–H and O–H groups in total. The molecule has 0 bridgehead atoms. The van der Waals surface area contributed by atoms with E-state index in [2.05, 4.69) is 27.1 Å². The molecule has 0 aromatic carbocycles. The van der Waals surface area contributed by atoms with Gasteiger partial charge in [-0.25, -0.2) is 4.79 Å². The van der Waals surface area contributed by atoms with Crippen LogP contribution in [0.15, 0.2) is 27.5 Å². The Labute approximate surface area is 163 Å². The van der Waals surface area contributed by atoms with Crippen molar-refractivity contribution < 1.29 is 23.9 Å². The number of thiophene rings is 1. The number of carbonyl (C=O) groups excluding carboxylic acids is 4. The van der Waals surface area contributed by atoms with Gasteiger partial charge in [0.15, 0.2) is 5.78 Å². The molecule has 0 fully saturated rings. The van der Waals surface area contributed by atoms with Gasteiger partial charge in [0.2, 0.25) is 11.1 Å². The summed E-state index contributed by atoms with van der Waals surface area (Å²) in [6, 6.07) is 0. The van der Waals surface area contributed by atoms with Crippen molar-refractivity contribution in [2.75, 3.05) is 17.7 Å². The van der Waals surface area contributed by atoms with Gasteiger partial charge in [0.05, 0.1) is 22.8 Å². The van der Waals surface area contributed by atoms with E-state index in [4.69, 9.17) is 4.74 Å². The molecule has 27 heavy (non-hydrogen) atoms. The Balaban J connectivity index is 2.14. The van der Waals surface area contributed by atoms with Gasteiger partial charge in [-0.15, -0.1) is 21.6 Å². The minimum absolute atomic E-state index is 0.0416. The molecule has 1 aromatic heterocycles. The third-order valence-corrected chi connectivity index (χ3v) is 5.38. The molecule has 2 heterocycles. The molecule has 1 aliphatic rings. The van der Waals surface area contributed by atoms with Gasteiger partial charge in [0.1, 0.15) is 10.7 Å². The van der Waals surface area contributed by atoms with Crippen molar-refractivity contribution in [1.29, 1.82) is 0 Å². The first-order valence-electron chi connectivity index (χ1n) is 7.72. The molecule has 2 rings (SSSR count). The van der Waals surface area contributed by atoms with E-state index >= 15 is 0 Å². The van der Waals surface area contributed by atoms with Crippen LogP contribution in [-0.4, -0.2) is 41.1 Å². The second-order valence-corrected chi connectivity index (χ2v) is 7.18. The van der Waals surface area contributed by atoms with E-state index in [-0.39, 0.29) is 39.6 Å². The molecular formula is C16H16N4O5S2. The highest BCUT2D eigenvalue weighted by atomic mass is 32.2. The van der Waals surface area contributed by atoms with Gasteiger partial charge in [-0.3, -0.25) is 14.4 Å². The molecule has 1 aromatic rings. The van der Waals surface area contributed by atoms with Crippen molar-refractivity contribution in [2.45, 2.75) is 20.8 Å². The third kappa shape index (κ3) is 4.95. The van der Waals surface area contributed by atoms with Crippen molar-refractivity contribution >= 4 is 56.8 Å². The second kappa shape index (κ2) is 8.82. The topological polar surface area (TPSA) is 127 Å². The average molecular weight is 408 g/mol. The fourth-order valence-electron chi connectivity index (χ4n) is 2.06. The van der Waals surface area contributed by atoms with Crippen molar-refractivity contribution in [2.24, 2.45) is 15.2 Å². The minimum atomic E-state index is -0.615. The second-order valence-electron chi connectivity index (χ2n) is 5.22. The predicted octanol–water partition coefficient (Wildman–Crippen LogP) is 2.97. The largest absolute Gasteiger partial charge is 0.462 e. The highest BCUT2D eigenvalue weighted by molar-refractivity contribution is 8.14. The molecule has 0 radical (unpaired) electrons. The lowest BCUT2D eigenvalue weighted by Gasteiger charge is -2.07. The zero-order valence-corrected chi connectivity index (χ0v) is 16.5. The average Bonchev–Trinajstić information content (AvgIpc) is 2.92. The first kappa shape index (κ1) is 20.6. The number of hydrogen-bond donors (Lipinski definition) is 1. The number of aliphatic imine (C=N–C) groups is 1. The molecule has 0 saturated carbocycles. The van der Waals surface area contributed by atoms with E-state index in [9.17, 15) is 19.2 Å². The fraction of sp³-hybridized carbons (Fsp3) is 0.312. The fourth-order valence-corrected chi connectivity index (χ4v) is 3.74. The molecule has 0 spiro atoms. The molecule has 0 saturated heterocycles. The van der Waals surface area contributed by atoms with E-state index in [1.807, 2.05) is 0 Å². The van der Waals surface area contributed by atoms with Crippen LogP contribution in [-0.2, 0) is 14.3 Å². The first-order chi connectivity index (χ1) is 12.7. The summed E-state index contributed by atoms with van der Waals surface area (Å²) in [5.74, 6) is -2.02. The van der Waals surface area contributed by atoms with Gasteiger partial charge in [-0.2, -0.15) is 4.99 Å². The van der Waals surface area contributed by atoms with Crippen LogP contribution in [0.5, 0.6) is 0 Å². The number of hydrogen-bond acceptors (Lipinski definition) is 9. The highest BCUT2D eigenvalue weighted by Gasteiger charge is 2.25. The van der Waals surface area contributed by atoms with Crippen LogP contribution in [0, 0.1) is 6.92 Å². The van der Waals surface area contributed by atoms with E-state index < -0.39 is 17.8 Å². The Bertz CT molecular complexity index is 901. The first-order valence-corrected chi connectivity index (χ1v) is 9.52. The number of Topliss-reactive ketones (excluding diaryl/α,β-unsaturated/α-hetero) is 1. The summed E-state index contributed by atoms with van der Waals surface area (Å²) < 4.78 is 5.01. The van der Waals surface area contributed by atoms with E-state index in [1.54, 1.807) is 13.8 Å². The smallest absolute Gasteiger partial charge is 0.341 e. The Kier molecular flexibility index (Phi) is 6.75. The SMILES string of the molecule is C=C1N=NC(SCC(=O)Nc2sc(C(C)=O)c(C)c2C(=O)OCC)=NC1=O. The molecule has 9 nitrogen and oxygen atoms in total. The summed E-state index contributed by atoms with van der Waals surface area (Å²) in [6.45, 7) is 8.20. The van der Waals surface area contributed by atoms with Crippen LogP contribution in [0.25, 0.3) is 0 Å². The van der Waals surface area contributed by atoms with E-state index in [1.165, 1.54) is 6.92 Å². The maximum Gasteiger partial charge on any atom is 0.341 e. The number of ether oxygens (including phenoxy) is 1. The van der Waals surface area contributed by atoms with Crippen molar-refractivity contribution in [3.8, 4) is 0 Å². The molecule has 0 unspecified atom stereocenters. The Morgan fingerprint density at radius 2 is 2.00 bits per heavy atom. The normalized spacial score (nSPS) is 13.4. The lowest BCUT2D eigenvalue weighted by molar-refractivity contribution is -0.115. The number of thioether (sulfide) groups is 1. The highest BCUT2D eigenvalue weighted by Crippen LogP contribution is 2.34. The Hall–Kier alpha value is -2.66. The Morgan fingerprint density at radius 1 is 1.30 bits per heavy atom. The summed E-state index contributed by atoms with van der Waals surface area (Å²) in [5.41, 5.74) is 0.545. The summed E-state index contributed by atoms with van der Waals surface area (Å²) in [4.78, 5) is 51.6. The predicted molar refractivity (Wildman–Crippen MR) is 103 cm³/mol. The molecule has 0 atom stereocenters. The van der Waals surface area contributed by atoms with Crippen LogP contribution in [0.1, 0.15) is 39.4 Å². The maximum atomic E-state index is 12.2. The van der Waals surface area contributed by atoms with Crippen LogP contribution in [0.4, 0.5) is 5.00 Å². The van der Waals surface area contributed by atoms with Crippen molar-refractivity contribution in [3.63, 3.8) is 0 Å². The zero-order valence-electron chi connectivity index (χ0n) is 14.8. The third-order valence-electron chi connectivity index (χ3n) is 3.23. The molecule has 11 heteroatoms. The summed E-state index contributed by atoms with van der Waals surface area (Å²) in [5, 5.41) is 10.1. The van der Waals surface area contributed by atoms with Crippen molar-refractivity contribution in [3.05, 3.63) is 28.3 Å². The number of amidine groups is 1. The number of nitrogens with zero attached hydrogens (tertiary/aromatic N) is 3. The van der Waals surface area contributed by atoms with E-state index in [0.717, 1.165) is 23.1 Å². The number of nitrogens with one attached hydrogen (secondary N) is 1. The number of carbonyl (C=O) groups is 4. The molecule has 0 aliphatic carbocycles. The summed E-state index contributed by atoms with van der Waals surface area (Å²) in [7, 11) is 0. The van der Waals surface area contributed by atoms with Gasteiger partial charge in [0, 0.05) is 0 Å².